The highest BCUT2D eigenvalue weighted by molar-refractivity contribution is 7.14. The molecular formula is C20H16N4O3S. The number of hydrogen-bond acceptors (Lipinski definition) is 5. The maximum atomic E-state index is 12.3. The number of carbonyl (C=O) groups is 1. The van der Waals surface area contributed by atoms with Crippen molar-refractivity contribution in [2.24, 2.45) is 0 Å². The van der Waals surface area contributed by atoms with E-state index in [1.807, 2.05) is 30.5 Å². The van der Waals surface area contributed by atoms with E-state index < -0.39 is 4.92 Å². The van der Waals surface area contributed by atoms with Crippen LogP contribution in [0, 0.1) is 10.1 Å². The summed E-state index contributed by atoms with van der Waals surface area (Å²) in [5, 5.41) is 17.1. The number of anilines is 1. The molecule has 0 bridgehead atoms. The number of benzene rings is 2. The molecule has 0 fully saturated rings. The third kappa shape index (κ3) is 3.77. The topological polar surface area (TPSA) is 101 Å². The number of amides is 1. The van der Waals surface area contributed by atoms with Crippen LogP contribution in [0.25, 0.3) is 22.2 Å². The van der Waals surface area contributed by atoms with Crippen molar-refractivity contribution in [2.45, 2.75) is 12.8 Å². The van der Waals surface area contributed by atoms with E-state index in [1.54, 1.807) is 17.5 Å². The minimum Gasteiger partial charge on any atom is -0.361 e. The van der Waals surface area contributed by atoms with Crippen molar-refractivity contribution >= 4 is 39.0 Å². The zero-order valence-corrected chi connectivity index (χ0v) is 15.5. The summed E-state index contributed by atoms with van der Waals surface area (Å²) in [7, 11) is 0. The maximum absolute atomic E-state index is 12.3. The average molecular weight is 392 g/mol. The zero-order valence-electron chi connectivity index (χ0n) is 14.7. The summed E-state index contributed by atoms with van der Waals surface area (Å²) in [4.78, 5) is 30.3. The second-order valence-corrected chi connectivity index (χ2v) is 7.11. The van der Waals surface area contributed by atoms with Crippen LogP contribution in [-0.2, 0) is 11.2 Å². The molecule has 8 heteroatoms. The van der Waals surface area contributed by atoms with Gasteiger partial charge in [-0.2, -0.15) is 0 Å². The standard InChI is InChI=1S/C20H16N4O3S/c25-19(9-8-14-11-21-17-7-2-1-6-16(14)17)23-20-22-18(12-28-20)13-4-3-5-15(10-13)24(26)27/h1-7,10-12,21H,8-9H2,(H,22,23,25). The van der Waals surface area contributed by atoms with Gasteiger partial charge in [0.1, 0.15) is 0 Å². The molecule has 7 nitrogen and oxygen atoms in total. The second-order valence-electron chi connectivity index (χ2n) is 6.25. The normalized spacial score (nSPS) is 10.9. The summed E-state index contributed by atoms with van der Waals surface area (Å²) in [6.07, 6.45) is 2.90. The fourth-order valence-electron chi connectivity index (χ4n) is 3.01. The molecule has 0 aliphatic heterocycles. The highest BCUT2D eigenvalue weighted by atomic mass is 32.1. The molecule has 0 unspecified atom stereocenters. The third-order valence-electron chi connectivity index (χ3n) is 4.40. The molecule has 0 saturated heterocycles. The molecule has 2 aromatic heterocycles. The van der Waals surface area contributed by atoms with Crippen molar-refractivity contribution in [3.63, 3.8) is 0 Å². The number of fused-ring (bicyclic) bond motifs is 1. The number of carbonyl (C=O) groups excluding carboxylic acids is 1. The summed E-state index contributed by atoms with van der Waals surface area (Å²) >= 11 is 1.29. The van der Waals surface area contributed by atoms with E-state index >= 15 is 0 Å². The predicted octanol–water partition coefficient (Wildman–Crippen LogP) is 4.77. The van der Waals surface area contributed by atoms with E-state index in [0.717, 1.165) is 16.5 Å². The minimum absolute atomic E-state index is 0.00909. The highest BCUT2D eigenvalue weighted by Crippen LogP contribution is 2.27. The smallest absolute Gasteiger partial charge is 0.270 e. The van der Waals surface area contributed by atoms with Crippen LogP contribution in [0.4, 0.5) is 10.8 Å². The number of nitro benzene ring substituents is 1. The van der Waals surface area contributed by atoms with Crippen LogP contribution in [0.1, 0.15) is 12.0 Å². The van der Waals surface area contributed by atoms with E-state index in [-0.39, 0.29) is 11.6 Å². The molecule has 0 radical (unpaired) electrons. The number of nitrogens with zero attached hydrogens (tertiary/aromatic N) is 2. The van der Waals surface area contributed by atoms with Gasteiger partial charge in [-0.15, -0.1) is 11.3 Å². The number of aromatic nitrogens is 2. The van der Waals surface area contributed by atoms with Gasteiger partial charge in [-0.3, -0.25) is 14.9 Å². The lowest BCUT2D eigenvalue weighted by molar-refractivity contribution is -0.384. The van der Waals surface area contributed by atoms with Gasteiger partial charge >= 0.3 is 0 Å². The van der Waals surface area contributed by atoms with Gasteiger partial charge in [-0.05, 0) is 18.1 Å². The Morgan fingerprint density at radius 1 is 1.21 bits per heavy atom. The lowest BCUT2D eigenvalue weighted by Crippen LogP contribution is -2.12. The number of aryl methyl sites for hydroxylation is 1. The molecule has 28 heavy (non-hydrogen) atoms. The Balaban J connectivity index is 1.40. The SMILES string of the molecule is O=C(CCc1c[nH]c2ccccc12)Nc1nc(-c2cccc([N+](=O)[O-])c2)cs1. The van der Waals surface area contributed by atoms with E-state index in [4.69, 9.17) is 0 Å². The molecular weight excluding hydrogens is 376 g/mol. The number of nitrogens with one attached hydrogen (secondary N) is 2. The Labute approximate surface area is 164 Å². The molecule has 0 saturated carbocycles. The number of H-pyrrole nitrogens is 1. The molecule has 0 aliphatic rings. The van der Waals surface area contributed by atoms with Crippen molar-refractivity contribution in [1.82, 2.24) is 9.97 Å². The molecule has 2 N–H and O–H groups in total. The molecule has 2 heterocycles. The van der Waals surface area contributed by atoms with Crippen LogP contribution in [0.3, 0.4) is 0 Å². The molecule has 0 spiro atoms. The number of nitro groups is 1. The number of aromatic amines is 1. The summed E-state index contributed by atoms with van der Waals surface area (Å²) in [5.41, 5.74) is 3.40. The Kier molecular flexibility index (Phi) is 4.86. The van der Waals surface area contributed by atoms with Gasteiger partial charge in [0.15, 0.2) is 5.13 Å². The highest BCUT2D eigenvalue weighted by Gasteiger charge is 2.12. The summed E-state index contributed by atoms with van der Waals surface area (Å²) in [6.45, 7) is 0. The van der Waals surface area contributed by atoms with Gasteiger partial charge in [0.2, 0.25) is 5.91 Å². The first-order chi connectivity index (χ1) is 13.6. The van der Waals surface area contributed by atoms with E-state index in [1.165, 1.54) is 23.5 Å². The maximum Gasteiger partial charge on any atom is 0.270 e. The van der Waals surface area contributed by atoms with Gasteiger partial charge in [-0.1, -0.05) is 30.3 Å². The number of para-hydroxylation sites is 1. The summed E-state index contributed by atoms with van der Waals surface area (Å²) in [6, 6.07) is 14.3. The lowest BCUT2D eigenvalue weighted by atomic mass is 10.1. The number of non-ortho nitro benzene ring substituents is 1. The average Bonchev–Trinajstić information content (AvgIpc) is 3.33. The van der Waals surface area contributed by atoms with E-state index in [2.05, 4.69) is 15.3 Å². The number of hydrogen-bond donors (Lipinski definition) is 2. The van der Waals surface area contributed by atoms with Crippen molar-refractivity contribution in [2.75, 3.05) is 5.32 Å². The Hall–Kier alpha value is -3.52. The second kappa shape index (κ2) is 7.61. The molecule has 1 amide bonds. The van der Waals surface area contributed by atoms with E-state index in [9.17, 15) is 14.9 Å². The fourth-order valence-corrected chi connectivity index (χ4v) is 3.75. The minimum atomic E-state index is -0.441. The quantitative estimate of drug-likeness (QED) is 0.364. The first-order valence-corrected chi connectivity index (χ1v) is 9.53. The van der Waals surface area contributed by atoms with Crippen LogP contribution in [0.2, 0.25) is 0 Å². The first kappa shape index (κ1) is 17.9. The van der Waals surface area contributed by atoms with Gasteiger partial charge in [0.05, 0.1) is 10.6 Å². The Morgan fingerprint density at radius 2 is 2.07 bits per heavy atom. The number of thiazole rings is 1. The van der Waals surface area contributed by atoms with Crippen molar-refractivity contribution < 1.29 is 9.72 Å². The molecule has 4 rings (SSSR count). The summed E-state index contributed by atoms with van der Waals surface area (Å²) < 4.78 is 0. The molecule has 140 valence electrons. The van der Waals surface area contributed by atoms with Crippen LogP contribution in [0.5, 0.6) is 0 Å². The van der Waals surface area contributed by atoms with Gasteiger partial charge in [-0.25, -0.2) is 4.98 Å². The number of rotatable bonds is 6. The van der Waals surface area contributed by atoms with E-state index in [0.29, 0.717) is 29.2 Å². The third-order valence-corrected chi connectivity index (χ3v) is 5.16. The van der Waals surface area contributed by atoms with Crippen LogP contribution in [0.15, 0.2) is 60.1 Å². The monoisotopic (exact) mass is 392 g/mol. The summed E-state index contributed by atoms with van der Waals surface area (Å²) in [5.74, 6) is -0.120. The van der Waals surface area contributed by atoms with Gasteiger partial charge in [0, 0.05) is 46.6 Å². The lowest BCUT2D eigenvalue weighted by Gasteiger charge is -2.02. The van der Waals surface area contributed by atoms with Gasteiger partial charge in [0.25, 0.3) is 5.69 Å². The zero-order chi connectivity index (χ0) is 19.5. The molecule has 0 atom stereocenters. The largest absolute Gasteiger partial charge is 0.361 e. The first-order valence-electron chi connectivity index (χ1n) is 8.65. The molecule has 2 aromatic carbocycles. The molecule has 4 aromatic rings. The fraction of sp³-hybridized carbons (Fsp3) is 0.100. The van der Waals surface area contributed by atoms with Crippen molar-refractivity contribution in [1.29, 1.82) is 0 Å². The predicted molar refractivity (Wildman–Crippen MR) is 109 cm³/mol. The van der Waals surface area contributed by atoms with Crippen molar-refractivity contribution in [3.05, 3.63) is 75.8 Å². The van der Waals surface area contributed by atoms with Gasteiger partial charge < -0.3 is 10.3 Å². The molecule has 0 aliphatic carbocycles. The van der Waals surface area contributed by atoms with Crippen molar-refractivity contribution in [3.8, 4) is 11.3 Å². The van der Waals surface area contributed by atoms with Crippen LogP contribution < -0.4 is 5.32 Å². The Bertz CT molecular complexity index is 1160. The Morgan fingerprint density at radius 3 is 2.93 bits per heavy atom. The van der Waals surface area contributed by atoms with Crippen LogP contribution in [-0.4, -0.2) is 20.8 Å². The van der Waals surface area contributed by atoms with Crippen LogP contribution >= 0.6 is 11.3 Å².